The molecule has 2 atom stereocenters. The average Bonchev–Trinajstić information content (AvgIpc) is 3.17. The van der Waals surface area contributed by atoms with Gasteiger partial charge in [-0.05, 0) is 43.6 Å². The van der Waals surface area contributed by atoms with Crippen LogP contribution >= 0.6 is 0 Å². The number of hydrogen-bond acceptors (Lipinski definition) is 6. The first kappa shape index (κ1) is 17.9. The number of carbonyl (C=O) groups is 1. The lowest BCUT2D eigenvalue weighted by Crippen LogP contribution is -2.52. The van der Waals surface area contributed by atoms with Gasteiger partial charge in [-0.15, -0.1) is 0 Å². The Morgan fingerprint density at radius 3 is 2.67 bits per heavy atom. The van der Waals surface area contributed by atoms with Crippen LogP contribution in [0.4, 0.5) is 5.95 Å². The van der Waals surface area contributed by atoms with Crippen molar-refractivity contribution in [1.29, 1.82) is 0 Å². The number of nitrogen functional groups attached to an aromatic ring is 1. The molecule has 4 rings (SSSR count). The van der Waals surface area contributed by atoms with Crippen molar-refractivity contribution in [3.8, 4) is 11.1 Å². The van der Waals surface area contributed by atoms with Gasteiger partial charge in [-0.1, -0.05) is 18.6 Å². The summed E-state index contributed by atoms with van der Waals surface area (Å²) in [6.07, 6.45) is 7.07. The number of nitrogens with one attached hydrogen (secondary N) is 1. The summed E-state index contributed by atoms with van der Waals surface area (Å²) in [4.78, 5) is 23.3. The number of rotatable bonds is 4. The molecule has 27 heavy (non-hydrogen) atoms. The van der Waals surface area contributed by atoms with Gasteiger partial charge in [0.1, 0.15) is 0 Å². The number of nitrogens with two attached hydrogens (primary N) is 1. The molecule has 2 fully saturated rings. The number of benzene rings is 1. The molecule has 0 saturated carbocycles. The standard InChI is InChI=1S/C20H25N5O2/c21-20-22-10-16(11-23-20)14-5-4-6-15(9-14)19(26)24-17-12-27-13-18(17)25-7-2-1-3-8-25/h4-6,9-11,17-18H,1-3,7-8,12-13H2,(H,24,26)(H2,21,22,23)/t17-,18-/m0/s1. The maximum atomic E-state index is 12.8. The molecule has 2 saturated heterocycles. The van der Waals surface area contributed by atoms with Crippen LogP contribution in [0.2, 0.25) is 0 Å². The van der Waals surface area contributed by atoms with Crippen molar-refractivity contribution in [2.45, 2.75) is 31.3 Å². The number of ether oxygens (including phenoxy) is 1. The number of amides is 1. The Kier molecular flexibility index (Phi) is 5.31. The van der Waals surface area contributed by atoms with Gasteiger partial charge in [0.05, 0.1) is 25.3 Å². The minimum absolute atomic E-state index is 0.0270. The molecule has 2 aliphatic heterocycles. The summed E-state index contributed by atoms with van der Waals surface area (Å²) in [5, 5.41) is 3.17. The van der Waals surface area contributed by atoms with E-state index in [4.69, 9.17) is 10.5 Å². The number of anilines is 1. The first-order valence-electron chi connectivity index (χ1n) is 9.51. The molecule has 7 heteroatoms. The number of carbonyl (C=O) groups excluding carboxylic acids is 1. The highest BCUT2D eigenvalue weighted by Gasteiger charge is 2.34. The fraction of sp³-hybridized carbons (Fsp3) is 0.450. The first-order chi connectivity index (χ1) is 13.2. The summed E-state index contributed by atoms with van der Waals surface area (Å²) in [7, 11) is 0. The van der Waals surface area contributed by atoms with Crippen LogP contribution in [0.25, 0.3) is 11.1 Å². The Morgan fingerprint density at radius 2 is 1.89 bits per heavy atom. The fourth-order valence-electron chi connectivity index (χ4n) is 3.87. The number of likely N-dealkylation sites (tertiary alicyclic amines) is 1. The lowest BCUT2D eigenvalue weighted by Gasteiger charge is -2.34. The minimum atomic E-state index is -0.0780. The van der Waals surface area contributed by atoms with Gasteiger partial charge in [0.15, 0.2) is 0 Å². The van der Waals surface area contributed by atoms with E-state index in [1.165, 1.54) is 19.3 Å². The van der Waals surface area contributed by atoms with E-state index in [0.717, 1.165) is 24.2 Å². The van der Waals surface area contributed by atoms with Gasteiger partial charge in [-0.25, -0.2) is 9.97 Å². The van der Waals surface area contributed by atoms with Gasteiger partial charge >= 0.3 is 0 Å². The third-order valence-electron chi connectivity index (χ3n) is 5.36. The van der Waals surface area contributed by atoms with E-state index in [1.54, 1.807) is 12.4 Å². The predicted molar refractivity (Wildman–Crippen MR) is 103 cm³/mol. The molecule has 0 aliphatic carbocycles. The van der Waals surface area contributed by atoms with Crippen LogP contribution in [0.1, 0.15) is 29.6 Å². The lowest BCUT2D eigenvalue weighted by atomic mass is 10.0. The highest BCUT2D eigenvalue weighted by atomic mass is 16.5. The van der Waals surface area contributed by atoms with Crippen LogP contribution in [0, 0.1) is 0 Å². The lowest BCUT2D eigenvalue weighted by molar-refractivity contribution is 0.0900. The molecule has 1 aromatic carbocycles. The maximum absolute atomic E-state index is 12.8. The molecule has 0 unspecified atom stereocenters. The summed E-state index contributed by atoms with van der Waals surface area (Å²) in [6, 6.07) is 7.77. The summed E-state index contributed by atoms with van der Waals surface area (Å²) in [6.45, 7) is 3.44. The van der Waals surface area contributed by atoms with E-state index in [2.05, 4.69) is 20.2 Å². The molecule has 142 valence electrons. The van der Waals surface area contributed by atoms with Crippen molar-refractivity contribution in [2.75, 3.05) is 32.0 Å². The molecule has 3 N–H and O–H groups in total. The molecule has 0 radical (unpaired) electrons. The predicted octanol–water partition coefficient (Wildman–Crippen LogP) is 1.71. The second-order valence-electron chi connectivity index (χ2n) is 7.19. The Balaban J connectivity index is 1.46. The van der Waals surface area contributed by atoms with Crippen LogP contribution in [0.5, 0.6) is 0 Å². The van der Waals surface area contributed by atoms with E-state index in [1.807, 2.05) is 24.3 Å². The third-order valence-corrected chi connectivity index (χ3v) is 5.36. The molecule has 0 bridgehead atoms. The zero-order chi connectivity index (χ0) is 18.6. The summed E-state index contributed by atoms with van der Waals surface area (Å²) in [5.41, 5.74) is 7.88. The van der Waals surface area contributed by atoms with Crippen LogP contribution in [-0.2, 0) is 4.74 Å². The number of nitrogens with zero attached hydrogens (tertiary/aromatic N) is 3. The highest BCUT2D eigenvalue weighted by Crippen LogP contribution is 2.21. The van der Waals surface area contributed by atoms with Gasteiger partial charge < -0.3 is 15.8 Å². The van der Waals surface area contributed by atoms with Gasteiger partial charge in [-0.3, -0.25) is 9.69 Å². The second-order valence-corrected chi connectivity index (χ2v) is 7.19. The minimum Gasteiger partial charge on any atom is -0.378 e. The molecule has 1 aromatic heterocycles. The molecular weight excluding hydrogens is 342 g/mol. The van der Waals surface area contributed by atoms with Gasteiger partial charge in [0, 0.05) is 23.5 Å². The van der Waals surface area contributed by atoms with Crippen LogP contribution in [0.3, 0.4) is 0 Å². The second kappa shape index (κ2) is 8.02. The molecule has 3 heterocycles. The molecule has 2 aromatic rings. The number of aromatic nitrogens is 2. The maximum Gasteiger partial charge on any atom is 0.251 e. The van der Waals surface area contributed by atoms with Gasteiger partial charge in [0.2, 0.25) is 5.95 Å². The molecular formula is C20H25N5O2. The third kappa shape index (κ3) is 4.09. The largest absolute Gasteiger partial charge is 0.378 e. The molecule has 2 aliphatic rings. The quantitative estimate of drug-likeness (QED) is 0.854. The Labute approximate surface area is 158 Å². The zero-order valence-corrected chi connectivity index (χ0v) is 15.3. The van der Waals surface area contributed by atoms with Crippen molar-refractivity contribution in [1.82, 2.24) is 20.2 Å². The number of hydrogen-bond donors (Lipinski definition) is 2. The van der Waals surface area contributed by atoms with Crippen molar-refractivity contribution in [3.05, 3.63) is 42.2 Å². The Bertz CT molecular complexity index is 789. The van der Waals surface area contributed by atoms with Crippen molar-refractivity contribution in [2.24, 2.45) is 0 Å². The SMILES string of the molecule is Nc1ncc(-c2cccc(C(=O)N[C@H]3COC[C@@H]3N3CCCCC3)c2)cn1. The van der Waals surface area contributed by atoms with Crippen molar-refractivity contribution in [3.63, 3.8) is 0 Å². The van der Waals surface area contributed by atoms with E-state index in [0.29, 0.717) is 18.8 Å². The normalized spacial score (nSPS) is 23.3. The smallest absolute Gasteiger partial charge is 0.251 e. The summed E-state index contributed by atoms with van der Waals surface area (Å²) >= 11 is 0. The molecule has 0 spiro atoms. The summed E-state index contributed by atoms with van der Waals surface area (Å²) in [5.74, 6) is 0.156. The Hall–Kier alpha value is -2.51. The summed E-state index contributed by atoms with van der Waals surface area (Å²) < 4.78 is 5.68. The average molecular weight is 367 g/mol. The fourth-order valence-corrected chi connectivity index (χ4v) is 3.87. The highest BCUT2D eigenvalue weighted by molar-refractivity contribution is 5.95. The van der Waals surface area contributed by atoms with Gasteiger partial charge in [0.25, 0.3) is 5.91 Å². The van der Waals surface area contributed by atoms with E-state index >= 15 is 0 Å². The topological polar surface area (TPSA) is 93.4 Å². The monoisotopic (exact) mass is 367 g/mol. The van der Waals surface area contributed by atoms with Crippen molar-refractivity contribution < 1.29 is 9.53 Å². The van der Waals surface area contributed by atoms with Gasteiger partial charge in [-0.2, -0.15) is 0 Å². The van der Waals surface area contributed by atoms with E-state index in [9.17, 15) is 4.79 Å². The Morgan fingerprint density at radius 1 is 1.11 bits per heavy atom. The molecule has 7 nitrogen and oxygen atoms in total. The zero-order valence-electron chi connectivity index (χ0n) is 15.3. The molecule has 1 amide bonds. The van der Waals surface area contributed by atoms with Crippen LogP contribution in [-0.4, -0.2) is 59.2 Å². The van der Waals surface area contributed by atoms with Crippen LogP contribution in [0.15, 0.2) is 36.7 Å². The van der Waals surface area contributed by atoms with Crippen LogP contribution < -0.4 is 11.1 Å². The van der Waals surface area contributed by atoms with E-state index < -0.39 is 0 Å². The van der Waals surface area contributed by atoms with E-state index in [-0.39, 0.29) is 23.9 Å². The van der Waals surface area contributed by atoms with Crippen molar-refractivity contribution >= 4 is 11.9 Å². The first-order valence-corrected chi connectivity index (χ1v) is 9.51. The number of piperidine rings is 1.